The van der Waals surface area contributed by atoms with Crippen molar-refractivity contribution in [3.8, 4) is 11.4 Å². The van der Waals surface area contributed by atoms with Gasteiger partial charge in [0.1, 0.15) is 11.6 Å². The fourth-order valence-corrected chi connectivity index (χ4v) is 3.66. The maximum atomic E-state index is 12.6. The van der Waals surface area contributed by atoms with Gasteiger partial charge in [-0.25, -0.2) is 0 Å². The molecule has 1 fully saturated rings. The molecule has 0 unspecified atom stereocenters. The molecule has 2 aliphatic heterocycles. The molecule has 0 bridgehead atoms. The number of aromatic nitrogens is 1. The number of methoxy groups -OCH3 is 1. The molecule has 3 heterocycles. The Bertz CT molecular complexity index is 1040. The summed E-state index contributed by atoms with van der Waals surface area (Å²) in [6.45, 7) is 3.64. The summed E-state index contributed by atoms with van der Waals surface area (Å²) in [5, 5.41) is 2.16. The van der Waals surface area contributed by atoms with Gasteiger partial charge in [0.2, 0.25) is 0 Å². The Balaban J connectivity index is 1.79. The topological polar surface area (TPSA) is 110 Å². The number of benzene rings is 1. The van der Waals surface area contributed by atoms with Crippen LogP contribution >= 0.6 is 0 Å². The van der Waals surface area contributed by atoms with Crippen LogP contribution in [0.25, 0.3) is 5.69 Å². The highest BCUT2D eigenvalue weighted by Gasteiger charge is 2.32. The summed E-state index contributed by atoms with van der Waals surface area (Å²) in [7, 11) is 3.65. The lowest BCUT2D eigenvalue weighted by Crippen LogP contribution is -2.44. The Labute approximate surface area is 161 Å². The molecule has 3 N–H and O–H groups in total. The molecule has 0 aliphatic carbocycles. The molecule has 0 saturated carbocycles. The number of nitrogens with zero attached hydrogens (tertiary/aromatic N) is 3. The van der Waals surface area contributed by atoms with E-state index in [9.17, 15) is 14.4 Å². The minimum Gasteiger partial charge on any atom is -0.495 e. The van der Waals surface area contributed by atoms with Crippen molar-refractivity contribution in [2.75, 3.05) is 51.0 Å². The van der Waals surface area contributed by atoms with Crippen LogP contribution in [0.5, 0.6) is 5.75 Å². The number of pyridine rings is 1. The number of amides is 2. The third-order valence-electron chi connectivity index (χ3n) is 5.22. The number of nitrogens with one attached hydrogen (secondary N) is 1. The Morgan fingerprint density at radius 3 is 2.43 bits per heavy atom. The number of fused-ring (bicyclic) bond motifs is 1. The fourth-order valence-electron chi connectivity index (χ4n) is 3.66. The van der Waals surface area contributed by atoms with E-state index in [1.165, 1.54) is 4.57 Å². The van der Waals surface area contributed by atoms with Gasteiger partial charge in [-0.05, 0) is 19.2 Å². The van der Waals surface area contributed by atoms with Crippen LogP contribution in [0.15, 0.2) is 29.1 Å². The van der Waals surface area contributed by atoms with Crippen LogP contribution in [0.4, 0.5) is 11.5 Å². The number of rotatable bonds is 3. The lowest BCUT2D eigenvalue weighted by Gasteiger charge is -2.34. The molecule has 9 heteroatoms. The largest absolute Gasteiger partial charge is 0.495 e. The van der Waals surface area contributed by atoms with Crippen molar-refractivity contribution in [1.29, 1.82) is 0 Å². The normalized spacial score (nSPS) is 16.9. The van der Waals surface area contributed by atoms with Gasteiger partial charge in [-0.3, -0.25) is 24.3 Å². The van der Waals surface area contributed by atoms with Gasteiger partial charge in [0.25, 0.3) is 17.4 Å². The predicted octanol–water partition coefficient (Wildman–Crippen LogP) is 0.0637. The standard InChI is InChI=1S/C19H21N5O4/c1-22-5-7-23(8-6-22)13-4-3-11(9-14(13)28-2)24-15(25)10-12-16(17(24)20)19(27)21-18(12)26/h3-4,9-10H,5-8,20H2,1-2H3,(H,21,26,27). The molecule has 1 aromatic heterocycles. The minimum absolute atomic E-state index is 0.00442. The van der Waals surface area contributed by atoms with Crippen molar-refractivity contribution in [3.63, 3.8) is 0 Å². The molecule has 28 heavy (non-hydrogen) atoms. The van der Waals surface area contributed by atoms with E-state index in [1.807, 2.05) is 6.07 Å². The molecule has 1 saturated heterocycles. The maximum absolute atomic E-state index is 12.6. The van der Waals surface area contributed by atoms with Crippen LogP contribution in [0.3, 0.4) is 0 Å². The second kappa shape index (κ2) is 6.68. The number of hydrogen-bond acceptors (Lipinski definition) is 7. The molecule has 0 radical (unpaired) electrons. The monoisotopic (exact) mass is 383 g/mol. The number of nitrogens with two attached hydrogens (primary N) is 1. The van der Waals surface area contributed by atoms with E-state index in [2.05, 4.69) is 22.2 Å². The summed E-state index contributed by atoms with van der Waals surface area (Å²) >= 11 is 0. The molecule has 0 atom stereocenters. The number of likely N-dealkylation sites (N-methyl/N-ethyl adjacent to an activating group) is 1. The molecule has 2 aromatic rings. The summed E-state index contributed by atoms with van der Waals surface area (Å²) in [6.07, 6.45) is 0. The zero-order chi connectivity index (χ0) is 20.0. The highest BCUT2D eigenvalue weighted by Crippen LogP contribution is 2.32. The van der Waals surface area contributed by atoms with Gasteiger partial charge < -0.3 is 20.3 Å². The molecule has 2 amide bonds. The second-order valence-corrected chi connectivity index (χ2v) is 6.92. The van der Waals surface area contributed by atoms with E-state index in [4.69, 9.17) is 10.5 Å². The molecule has 9 nitrogen and oxygen atoms in total. The summed E-state index contributed by atoms with van der Waals surface area (Å²) in [4.78, 5) is 40.9. The average molecular weight is 383 g/mol. The molecular formula is C19H21N5O4. The van der Waals surface area contributed by atoms with E-state index in [1.54, 1.807) is 19.2 Å². The van der Waals surface area contributed by atoms with Crippen molar-refractivity contribution in [3.05, 3.63) is 45.7 Å². The zero-order valence-corrected chi connectivity index (χ0v) is 15.7. The predicted molar refractivity (Wildman–Crippen MR) is 105 cm³/mol. The van der Waals surface area contributed by atoms with Crippen LogP contribution < -0.4 is 26.2 Å². The van der Waals surface area contributed by atoms with Crippen molar-refractivity contribution >= 4 is 23.3 Å². The fraction of sp³-hybridized carbons (Fsp3) is 0.316. The highest BCUT2D eigenvalue weighted by molar-refractivity contribution is 6.23. The van der Waals surface area contributed by atoms with Gasteiger partial charge in [-0.15, -0.1) is 0 Å². The summed E-state index contributed by atoms with van der Waals surface area (Å²) in [6, 6.07) is 6.48. The number of nitrogen functional groups attached to an aromatic ring is 1. The Morgan fingerprint density at radius 1 is 1.04 bits per heavy atom. The third kappa shape index (κ3) is 2.80. The molecule has 1 aromatic carbocycles. The van der Waals surface area contributed by atoms with Gasteiger partial charge in [-0.1, -0.05) is 0 Å². The van der Waals surface area contributed by atoms with Crippen LogP contribution in [0.2, 0.25) is 0 Å². The number of piperazine rings is 1. The quantitative estimate of drug-likeness (QED) is 0.722. The highest BCUT2D eigenvalue weighted by atomic mass is 16.5. The first kappa shape index (κ1) is 18.1. The molecule has 0 spiro atoms. The van der Waals surface area contributed by atoms with Gasteiger partial charge >= 0.3 is 0 Å². The second-order valence-electron chi connectivity index (χ2n) is 6.92. The Morgan fingerprint density at radius 2 is 1.75 bits per heavy atom. The van der Waals surface area contributed by atoms with Crippen molar-refractivity contribution in [1.82, 2.24) is 14.8 Å². The number of carbonyl (C=O) groups is 2. The number of imide groups is 1. The number of carbonyl (C=O) groups excluding carboxylic acids is 2. The Hall–Kier alpha value is -3.33. The number of ether oxygens (including phenoxy) is 1. The molecule has 4 rings (SSSR count). The van der Waals surface area contributed by atoms with Crippen LogP contribution in [0, 0.1) is 0 Å². The third-order valence-corrected chi connectivity index (χ3v) is 5.22. The SMILES string of the molecule is COc1cc(-n2c(N)c3c(cc2=O)C(=O)NC3=O)ccc1N1CCN(C)CC1. The smallest absolute Gasteiger partial charge is 0.262 e. The first-order chi connectivity index (χ1) is 13.4. The number of hydrogen-bond donors (Lipinski definition) is 2. The zero-order valence-electron chi connectivity index (χ0n) is 15.7. The summed E-state index contributed by atoms with van der Waals surface area (Å²) in [5.41, 5.74) is 7.03. The van der Waals surface area contributed by atoms with Gasteiger partial charge in [0, 0.05) is 38.3 Å². The average Bonchev–Trinajstić information content (AvgIpc) is 2.96. The van der Waals surface area contributed by atoms with Crippen molar-refractivity contribution in [2.45, 2.75) is 0 Å². The minimum atomic E-state index is -0.612. The van der Waals surface area contributed by atoms with Gasteiger partial charge in [0.05, 0.1) is 29.6 Å². The van der Waals surface area contributed by atoms with Gasteiger partial charge in [0.15, 0.2) is 0 Å². The van der Waals surface area contributed by atoms with E-state index >= 15 is 0 Å². The summed E-state index contributed by atoms with van der Waals surface area (Å²) < 4.78 is 6.77. The lowest BCUT2D eigenvalue weighted by molar-refractivity contribution is 0.0880. The van der Waals surface area contributed by atoms with E-state index in [0.717, 1.165) is 37.9 Å². The number of anilines is 2. The van der Waals surface area contributed by atoms with Crippen LogP contribution in [-0.4, -0.2) is 61.6 Å². The van der Waals surface area contributed by atoms with Gasteiger partial charge in [-0.2, -0.15) is 0 Å². The van der Waals surface area contributed by atoms with E-state index < -0.39 is 17.4 Å². The molecular weight excluding hydrogens is 362 g/mol. The van der Waals surface area contributed by atoms with E-state index in [-0.39, 0.29) is 16.9 Å². The molecule has 146 valence electrons. The van der Waals surface area contributed by atoms with Crippen LogP contribution in [-0.2, 0) is 0 Å². The summed E-state index contributed by atoms with van der Waals surface area (Å²) in [5.74, 6) is -0.680. The van der Waals surface area contributed by atoms with Crippen LogP contribution in [0.1, 0.15) is 20.7 Å². The van der Waals surface area contributed by atoms with Crippen molar-refractivity contribution in [2.24, 2.45) is 0 Å². The Kier molecular flexibility index (Phi) is 4.31. The van der Waals surface area contributed by atoms with Crippen molar-refractivity contribution < 1.29 is 14.3 Å². The first-order valence-electron chi connectivity index (χ1n) is 8.94. The maximum Gasteiger partial charge on any atom is 0.262 e. The molecule has 2 aliphatic rings. The lowest BCUT2D eigenvalue weighted by atomic mass is 10.1. The first-order valence-corrected chi connectivity index (χ1v) is 8.94. The van der Waals surface area contributed by atoms with E-state index in [0.29, 0.717) is 11.4 Å².